The van der Waals surface area contributed by atoms with Gasteiger partial charge in [0.2, 0.25) is 20.0 Å². The van der Waals surface area contributed by atoms with Crippen molar-refractivity contribution in [2.45, 2.75) is 42.0 Å². The van der Waals surface area contributed by atoms with Crippen LogP contribution in [0.5, 0.6) is 0 Å². The van der Waals surface area contributed by atoms with Gasteiger partial charge in [-0.2, -0.15) is 0 Å². The van der Waals surface area contributed by atoms with E-state index in [1.54, 1.807) is 48.6 Å². The lowest BCUT2D eigenvalue weighted by molar-refractivity contribution is -0.146. The number of hydrogen-bond donors (Lipinski definition) is 6. The molecule has 0 bridgehead atoms. The number of fused-ring (bicyclic) bond motifs is 2. The van der Waals surface area contributed by atoms with Crippen LogP contribution in [-0.2, 0) is 71.1 Å². The highest BCUT2D eigenvalue weighted by Crippen LogP contribution is 2.40. The molecule has 20 nitrogen and oxygen atoms in total. The second-order valence-electron chi connectivity index (χ2n) is 18.2. The number of nitrogens with zero attached hydrogens (tertiary/aromatic N) is 2. The van der Waals surface area contributed by atoms with Crippen molar-refractivity contribution in [3.05, 3.63) is 132 Å². The van der Waals surface area contributed by atoms with Crippen LogP contribution in [0.4, 0.5) is 0 Å². The van der Waals surface area contributed by atoms with E-state index < -0.39 is 44.1 Å². The number of rotatable bonds is 35. The predicted octanol–water partition coefficient (Wildman–Crippen LogP) is 3.98. The second kappa shape index (κ2) is 33.4. The summed E-state index contributed by atoms with van der Waals surface area (Å²) in [6.07, 6.45) is 0.816. The Bertz CT molecular complexity index is 2730. The van der Waals surface area contributed by atoms with E-state index >= 15 is 0 Å². The summed E-state index contributed by atoms with van der Waals surface area (Å²) in [5.41, 5.74) is 5.78. The van der Waals surface area contributed by atoms with Gasteiger partial charge in [-0.1, -0.05) is 77.3 Å². The van der Waals surface area contributed by atoms with Gasteiger partial charge in [0.15, 0.2) is 12.2 Å². The number of carbonyl (C=O) groups excluding carboxylic acids is 2. The molecule has 0 saturated heterocycles. The lowest BCUT2D eigenvalue weighted by atomic mass is 9.84. The number of ether oxygens (including phenoxy) is 6. The zero-order valence-corrected chi connectivity index (χ0v) is 48.3. The normalized spacial score (nSPS) is 17.2. The van der Waals surface area contributed by atoms with E-state index in [2.05, 4.69) is 36.5 Å². The molecule has 2 aliphatic rings. The summed E-state index contributed by atoms with van der Waals surface area (Å²) in [6, 6.07) is 14.0. The Morgan fingerprint density at radius 3 is 1.58 bits per heavy atom. The van der Waals surface area contributed by atoms with Crippen molar-refractivity contribution in [3.8, 4) is 0 Å². The average molecular weight is 1210 g/mol. The summed E-state index contributed by atoms with van der Waals surface area (Å²) >= 11 is 25.6. The maximum Gasteiger partial charge on any atom is 0.252 e. The topological polar surface area (TPSA) is 253 Å². The number of likely N-dealkylation sites (N-methyl/N-ethyl adjacent to an activating group) is 2. The summed E-state index contributed by atoms with van der Waals surface area (Å²) in [4.78, 5) is 28.9. The van der Waals surface area contributed by atoms with Gasteiger partial charge in [-0.3, -0.25) is 9.59 Å². The van der Waals surface area contributed by atoms with Crippen molar-refractivity contribution in [1.82, 2.24) is 29.9 Å². The van der Waals surface area contributed by atoms with Crippen LogP contribution in [0.15, 0.2) is 89.2 Å². The van der Waals surface area contributed by atoms with E-state index in [1.165, 1.54) is 6.08 Å². The van der Waals surface area contributed by atoms with E-state index in [0.717, 1.165) is 45.3 Å². The van der Waals surface area contributed by atoms with Crippen LogP contribution in [0, 0.1) is 0 Å². The highest BCUT2D eigenvalue weighted by atomic mass is 35.5. The minimum absolute atomic E-state index is 0.00768. The van der Waals surface area contributed by atoms with E-state index in [0.29, 0.717) is 39.7 Å². The zero-order chi connectivity index (χ0) is 56.7. The van der Waals surface area contributed by atoms with Gasteiger partial charge in [0.25, 0.3) is 11.8 Å². The Morgan fingerprint density at radius 1 is 0.641 bits per heavy atom. The first-order chi connectivity index (χ1) is 37.3. The van der Waals surface area contributed by atoms with Crippen LogP contribution in [0.1, 0.15) is 39.7 Å². The van der Waals surface area contributed by atoms with Crippen molar-refractivity contribution in [1.29, 1.82) is 0 Å². The molecule has 6 N–H and O–H groups in total. The largest absolute Gasteiger partial charge is 0.380 e. The van der Waals surface area contributed by atoms with Crippen molar-refractivity contribution >= 4 is 78.3 Å². The number of aliphatic hydroxyl groups excluding tert-OH is 2. The molecule has 5 rings (SSSR count). The maximum absolute atomic E-state index is 12.9. The number of amides is 2. The van der Waals surface area contributed by atoms with Crippen LogP contribution in [-0.4, -0.2) is 194 Å². The van der Waals surface area contributed by atoms with Crippen LogP contribution < -0.4 is 20.1 Å². The van der Waals surface area contributed by atoms with Gasteiger partial charge in [0.05, 0.1) is 84.2 Å². The van der Waals surface area contributed by atoms with Crippen LogP contribution in [0.25, 0.3) is 0 Å². The SMILES string of the molecule is C=C/C(=C\C=C\S(=O)(=O)NCCOCCOCCOCCNC(=O)C(O)C(O)C(=O)NCCOCCOCCOCCNS(=O)(=O)c1ccc(C2CN(C)Cc3c(Cl)cc(Cl)cc32)cc1)C1CN(C)Cc2c(Cl)cc(Cl)cc21. The quantitative estimate of drug-likeness (QED) is 0.0360. The molecule has 0 saturated carbocycles. The molecule has 4 atom stereocenters. The van der Waals surface area contributed by atoms with Crippen molar-refractivity contribution in [2.75, 3.05) is 133 Å². The number of carbonyl (C=O) groups is 2. The molecular formula is C52H70Cl4N6O14S2. The second-order valence-corrected chi connectivity index (χ2v) is 23.3. The van der Waals surface area contributed by atoms with Crippen LogP contribution in [0.2, 0.25) is 20.1 Å². The molecule has 432 valence electrons. The smallest absolute Gasteiger partial charge is 0.252 e. The molecule has 0 aromatic heterocycles. The number of aliphatic hydroxyl groups is 2. The Kier molecular flexibility index (Phi) is 27.9. The first-order valence-electron chi connectivity index (χ1n) is 25.1. The predicted molar refractivity (Wildman–Crippen MR) is 299 cm³/mol. The van der Waals surface area contributed by atoms with E-state index in [-0.39, 0.29) is 122 Å². The van der Waals surface area contributed by atoms with Crippen LogP contribution in [0.3, 0.4) is 0 Å². The molecule has 0 spiro atoms. The lowest BCUT2D eigenvalue weighted by Gasteiger charge is -2.33. The minimum Gasteiger partial charge on any atom is -0.380 e. The summed E-state index contributed by atoms with van der Waals surface area (Å²) in [6.45, 7) is 8.84. The van der Waals surface area contributed by atoms with Gasteiger partial charge in [0.1, 0.15) is 0 Å². The molecule has 26 heteroatoms. The summed E-state index contributed by atoms with van der Waals surface area (Å²) < 4.78 is 88.5. The molecular weight excluding hydrogens is 1140 g/mol. The van der Waals surface area contributed by atoms with Crippen molar-refractivity contribution in [3.63, 3.8) is 0 Å². The highest BCUT2D eigenvalue weighted by molar-refractivity contribution is 7.92. The Labute approximate surface area is 477 Å². The molecule has 78 heavy (non-hydrogen) atoms. The average Bonchev–Trinajstić information content (AvgIpc) is 3.44. The van der Waals surface area contributed by atoms with Gasteiger partial charge in [-0.05, 0) is 90.0 Å². The summed E-state index contributed by atoms with van der Waals surface area (Å²) in [7, 11) is -3.52. The van der Waals surface area contributed by atoms with Crippen LogP contribution >= 0.6 is 46.4 Å². The minimum atomic E-state index is -3.77. The molecule has 0 aliphatic carbocycles. The standard InChI is InChI=1S/C52H70Cl4N6O14S2/c1-4-36(43-32-61(2)34-45-41(43)28-38(53)30-47(45)55)6-5-27-77(67,68)59-13-17-73-21-25-75-23-19-71-15-11-57-51(65)49(63)50(64)52(66)58-12-16-72-20-24-76-26-22-74-18-14-60-78(69,70)40-9-7-37(8-10-40)44-33-62(3)35-46-42(44)29-39(54)31-48(46)56/h4-10,27-31,43-44,49-50,59-60,63-64H,1,11-26,32-35H2,2-3H3,(H,57,65)(H,58,66)/b27-5+,36-6+. The third-order valence-electron chi connectivity index (χ3n) is 12.3. The first kappa shape index (κ1) is 65.2. The molecule has 2 amide bonds. The molecule has 3 aromatic rings. The van der Waals surface area contributed by atoms with Gasteiger partial charge in [-0.15, -0.1) is 0 Å². The Balaban J connectivity index is 0.799. The fourth-order valence-corrected chi connectivity index (χ4v) is 11.3. The number of halogens is 4. The fraction of sp³-hybridized carbons (Fsp3) is 0.500. The number of nitrogens with one attached hydrogen (secondary N) is 4. The number of sulfonamides is 2. The molecule has 2 heterocycles. The monoisotopic (exact) mass is 1210 g/mol. The lowest BCUT2D eigenvalue weighted by Crippen LogP contribution is -2.50. The van der Waals surface area contributed by atoms with Gasteiger partial charge >= 0.3 is 0 Å². The molecule has 2 aliphatic heterocycles. The van der Waals surface area contributed by atoms with Crippen molar-refractivity contribution < 1.29 is 65.1 Å². The third kappa shape index (κ3) is 21.4. The molecule has 3 aromatic carbocycles. The van der Waals surface area contributed by atoms with Gasteiger partial charge < -0.3 is 59.1 Å². The van der Waals surface area contributed by atoms with Gasteiger partial charge in [0, 0.05) is 89.7 Å². The molecule has 0 radical (unpaired) electrons. The molecule has 0 fully saturated rings. The Morgan fingerprint density at radius 2 is 1.08 bits per heavy atom. The third-order valence-corrected chi connectivity index (χ3v) is 16.0. The fourth-order valence-electron chi connectivity index (χ4n) is 8.43. The van der Waals surface area contributed by atoms with E-state index in [4.69, 9.17) is 74.8 Å². The Hall–Kier alpha value is -3.60. The number of hydrogen-bond acceptors (Lipinski definition) is 16. The van der Waals surface area contributed by atoms with Gasteiger partial charge in [-0.25, -0.2) is 26.3 Å². The van der Waals surface area contributed by atoms with E-state index in [9.17, 15) is 36.6 Å². The number of benzene rings is 3. The summed E-state index contributed by atoms with van der Waals surface area (Å²) in [5, 5.41) is 28.4. The zero-order valence-electron chi connectivity index (χ0n) is 43.6. The van der Waals surface area contributed by atoms with E-state index in [1.807, 2.05) is 26.2 Å². The van der Waals surface area contributed by atoms with Crippen molar-refractivity contribution in [2.24, 2.45) is 0 Å². The maximum atomic E-state index is 12.9. The highest BCUT2D eigenvalue weighted by Gasteiger charge is 2.31. The molecule has 4 unspecified atom stereocenters. The number of allylic oxidation sites excluding steroid dienone is 3. The summed E-state index contributed by atoms with van der Waals surface area (Å²) in [5.74, 6) is -2.04. The first-order valence-corrected chi connectivity index (χ1v) is 29.6.